The normalized spacial score (nSPS) is 24.4. The van der Waals surface area contributed by atoms with Gasteiger partial charge < -0.3 is 44.7 Å². The highest BCUT2D eigenvalue weighted by Gasteiger charge is 2.44. The third kappa shape index (κ3) is 6.16. The van der Waals surface area contributed by atoms with Gasteiger partial charge in [0.25, 0.3) is 0 Å². The summed E-state index contributed by atoms with van der Waals surface area (Å²) < 4.78 is 21.6. The van der Waals surface area contributed by atoms with Gasteiger partial charge in [0.05, 0.1) is 27.2 Å². The van der Waals surface area contributed by atoms with E-state index >= 15 is 0 Å². The molecule has 10 nitrogen and oxygen atoms in total. The van der Waals surface area contributed by atoms with Crippen molar-refractivity contribution in [1.29, 1.82) is 0 Å². The van der Waals surface area contributed by atoms with E-state index in [9.17, 15) is 25.2 Å². The van der Waals surface area contributed by atoms with Crippen molar-refractivity contribution in [3.63, 3.8) is 0 Å². The number of benzene rings is 2. The van der Waals surface area contributed by atoms with Gasteiger partial charge in [0.15, 0.2) is 11.5 Å². The number of para-hydroxylation sites is 1. The van der Waals surface area contributed by atoms with E-state index in [-0.39, 0.29) is 18.1 Å². The van der Waals surface area contributed by atoms with E-state index < -0.39 is 37.3 Å². The van der Waals surface area contributed by atoms with Gasteiger partial charge in [-0.2, -0.15) is 0 Å². The quantitative estimate of drug-likeness (QED) is 0.313. The van der Waals surface area contributed by atoms with Crippen molar-refractivity contribution in [3.05, 3.63) is 53.6 Å². The van der Waals surface area contributed by atoms with E-state index in [0.717, 1.165) is 5.56 Å². The zero-order valence-corrected chi connectivity index (χ0v) is 19.1. The fourth-order valence-corrected chi connectivity index (χ4v) is 3.67. The Morgan fingerprint density at radius 1 is 0.971 bits per heavy atom. The Hall–Kier alpha value is -2.89. The molecule has 1 saturated heterocycles. The van der Waals surface area contributed by atoms with Gasteiger partial charge in [0, 0.05) is 12.1 Å². The lowest BCUT2D eigenvalue weighted by Gasteiger charge is -2.39. The number of hydrogen-bond acceptors (Lipinski definition) is 9. The van der Waals surface area contributed by atoms with E-state index in [4.69, 9.17) is 18.9 Å². The Balaban J connectivity index is 1.58. The van der Waals surface area contributed by atoms with Gasteiger partial charge >= 0.3 is 0 Å². The van der Waals surface area contributed by atoms with Gasteiger partial charge in [0.2, 0.25) is 12.2 Å². The number of rotatable bonds is 10. The lowest BCUT2D eigenvalue weighted by Crippen LogP contribution is -2.60. The zero-order valence-electron chi connectivity index (χ0n) is 19.1. The van der Waals surface area contributed by atoms with Crippen molar-refractivity contribution in [1.82, 2.24) is 5.32 Å². The van der Waals surface area contributed by atoms with Crippen LogP contribution in [0, 0.1) is 0 Å². The van der Waals surface area contributed by atoms with Crippen LogP contribution in [0.25, 0.3) is 0 Å². The molecule has 2 aromatic carbocycles. The maximum absolute atomic E-state index is 12.5. The Morgan fingerprint density at radius 3 is 2.41 bits per heavy atom. The van der Waals surface area contributed by atoms with Gasteiger partial charge in [-0.3, -0.25) is 4.79 Å². The van der Waals surface area contributed by atoms with Gasteiger partial charge in [-0.25, -0.2) is 0 Å². The molecule has 2 aromatic rings. The first-order valence-electron chi connectivity index (χ1n) is 10.9. The highest BCUT2D eigenvalue weighted by molar-refractivity contribution is 5.79. The first kappa shape index (κ1) is 25.7. The molecule has 186 valence electrons. The first-order chi connectivity index (χ1) is 16.4. The first-order valence-corrected chi connectivity index (χ1v) is 10.9. The summed E-state index contributed by atoms with van der Waals surface area (Å²) >= 11 is 0. The second kappa shape index (κ2) is 12.0. The smallest absolute Gasteiger partial charge is 0.229 e. The van der Waals surface area contributed by atoms with Crippen molar-refractivity contribution in [2.45, 2.75) is 43.5 Å². The van der Waals surface area contributed by atoms with Gasteiger partial charge in [0.1, 0.15) is 30.2 Å². The molecule has 1 fully saturated rings. The highest BCUT2D eigenvalue weighted by atomic mass is 16.7. The minimum Gasteiger partial charge on any atom is -0.493 e. The zero-order chi connectivity index (χ0) is 24.7. The summed E-state index contributed by atoms with van der Waals surface area (Å²) in [6, 6.07) is 12.3. The van der Waals surface area contributed by atoms with Crippen molar-refractivity contribution in [2.24, 2.45) is 0 Å². The summed E-state index contributed by atoms with van der Waals surface area (Å²) in [6.45, 7) is -0.154. The third-order valence-electron chi connectivity index (χ3n) is 5.60. The molecular formula is C24H31NO9. The van der Waals surface area contributed by atoms with Gasteiger partial charge in [-0.05, 0) is 30.2 Å². The molecule has 0 aromatic heterocycles. The molecule has 0 bridgehead atoms. The lowest BCUT2D eigenvalue weighted by molar-refractivity contribution is -0.277. The monoisotopic (exact) mass is 477 g/mol. The van der Waals surface area contributed by atoms with Crippen LogP contribution in [0.2, 0.25) is 0 Å². The topological polar surface area (TPSA) is 147 Å². The van der Waals surface area contributed by atoms with Gasteiger partial charge in [-0.1, -0.05) is 24.3 Å². The van der Waals surface area contributed by atoms with E-state index in [1.54, 1.807) is 38.5 Å². The van der Waals surface area contributed by atoms with E-state index in [1.165, 1.54) is 0 Å². The summed E-state index contributed by atoms with van der Waals surface area (Å²) in [5.74, 6) is 1.30. The summed E-state index contributed by atoms with van der Waals surface area (Å²) in [6.07, 6.45) is -6.38. The van der Waals surface area contributed by atoms with Crippen molar-refractivity contribution >= 4 is 5.91 Å². The predicted molar refractivity (Wildman–Crippen MR) is 121 cm³/mol. The molecule has 1 amide bonds. The Kier molecular flexibility index (Phi) is 9.08. The van der Waals surface area contributed by atoms with Crippen LogP contribution in [-0.2, 0) is 22.4 Å². The van der Waals surface area contributed by atoms with E-state index in [2.05, 4.69) is 5.32 Å². The largest absolute Gasteiger partial charge is 0.493 e. The summed E-state index contributed by atoms with van der Waals surface area (Å²) in [5.41, 5.74) is 1.52. The maximum Gasteiger partial charge on any atom is 0.229 e. The van der Waals surface area contributed by atoms with Crippen LogP contribution in [0.15, 0.2) is 42.5 Å². The molecule has 5 N–H and O–H groups in total. The Bertz CT molecular complexity index is 952. The van der Waals surface area contributed by atoms with Crippen LogP contribution in [0.4, 0.5) is 0 Å². The second-order valence-electron chi connectivity index (χ2n) is 7.89. The van der Waals surface area contributed by atoms with Crippen LogP contribution >= 0.6 is 0 Å². The average Bonchev–Trinajstić information content (AvgIpc) is 2.85. The molecule has 5 atom stereocenters. The molecule has 10 heteroatoms. The molecule has 0 radical (unpaired) electrons. The minimum atomic E-state index is -1.55. The van der Waals surface area contributed by atoms with Crippen molar-refractivity contribution in [2.75, 3.05) is 27.4 Å². The number of methoxy groups -OCH3 is 2. The van der Waals surface area contributed by atoms with Crippen LogP contribution in [0.1, 0.15) is 11.1 Å². The molecule has 1 heterocycles. The molecule has 0 spiro atoms. The standard InChI is InChI=1S/C24H31NO9/c1-31-17-8-7-14(11-18(17)32-2)9-10-25-20(27)12-15-5-3-4-6-16(15)33-24-23(30)22(29)21(28)19(13-26)34-24/h3-8,11,19,21-24,26,28-30H,9-10,12-13H2,1-2H3,(H,25,27). The molecule has 5 unspecified atom stereocenters. The van der Waals surface area contributed by atoms with Crippen molar-refractivity contribution < 1.29 is 44.2 Å². The van der Waals surface area contributed by atoms with E-state index in [0.29, 0.717) is 30.0 Å². The molecule has 0 aliphatic carbocycles. The minimum absolute atomic E-state index is 0.0134. The summed E-state index contributed by atoms with van der Waals surface area (Å²) in [7, 11) is 3.13. The number of amides is 1. The second-order valence-corrected chi connectivity index (χ2v) is 7.89. The van der Waals surface area contributed by atoms with Crippen LogP contribution < -0.4 is 19.5 Å². The molecule has 34 heavy (non-hydrogen) atoms. The summed E-state index contributed by atoms with van der Waals surface area (Å²) in [5, 5.41) is 42.3. The fourth-order valence-electron chi connectivity index (χ4n) is 3.67. The average molecular weight is 478 g/mol. The number of carbonyl (C=O) groups is 1. The Labute approximate surface area is 197 Å². The van der Waals surface area contributed by atoms with Crippen LogP contribution in [-0.4, -0.2) is 84.4 Å². The molecule has 3 rings (SSSR count). The van der Waals surface area contributed by atoms with Crippen LogP contribution in [0.3, 0.4) is 0 Å². The maximum atomic E-state index is 12.5. The highest BCUT2D eigenvalue weighted by Crippen LogP contribution is 2.28. The molecular weight excluding hydrogens is 446 g/mol. The number of hydrogen-bond donors (Lipinski definition) is 5. The molecule has 1 aliphatic heterocycles. The summed E-state index contributed by atoms with van der Waals surface area (Å²) in [4.78, 5) is 12.5. The van der Waals surface area contributed by atoms with Crippen molar-refractivity contribution in [3.8, 4) is 17.2 Å². The number of ether oxygens (including phenoxy) is 4. The molecule has 1 aliphatic rings. The number of carbonyl (C=O) groups excluding carboxylic acids is 1. The van der Waals surface area contributed by atoms with Gasteiger partial charge in [-0.15, -0.1) is 0 Å². The Morgan fingerprint density at radius 2 is 1.71 bits per heavy atom. The number of aliphatic hydroxyl groups excluding tert-OH is 4. The lowest BCUT2D eigenvalue weighted by atomic mass is 9.99. The molecule has 0 saturated carbocycles. The predicted octanol–water partition coefficient (Wildman–Crippen LogP) is -0.216. The van der Waals surface area contributed by atoms with Crippen LogP contribution in [0.5, 0.6) is 17.2 Å². The third-order valence-corrected chi connectivity index (χ3v) is 5.60. The fraction of sp³-hybridized carbons (Fsp3) is 0.458. The SMILES string of the molecule is COc1ccc(CCNC(=O)Cc2ccccc2OC2OC(CO)C(O)C(O)C2O)cc1OC. The number of aliphatic hydroxyl groups is 4. The van der Waals surface area contributed by atoms with E-state index in [1.807, 2.05) is 18.2 Å². The number of nitrogens with one attached hydrogen (secondary N) is 1.